The van der Waals surface area contributed by atoms with Crippen molar-refractivity contribution in [3.05, 3.63) is 234 Å². The lowest BCUT2D eigenvalue weighted by Crippen LogP contribution is -1.96. The molecule has 0 spiro atoms. The summed E-state index contributed by atoms with van der Waals surface area (Å²) in [5.41, 5.74) is 16.7. The van der Waals surface area contributed by atoms with Crippen LogP contribution in [-0.2, 0) is 6.42 Å². The van der Waals surface area contributed by atoms with Crippen LogP contribution in [0, 0.1) is 5.41 Å². The summed E-state index contributed by atoms with van der Waals surface area (Å²) in [4.78, 5) is 5.09. The normalized spacial score (nSPS) is 12.2. The minimum absolute atomic E-state index is 0.414. The van der Waals surface area contributed by atoms with Crippen LogP contribution < -0.4 is 0 Å². The lowest BCUT2D eigenvalue weighted by molar-refractivity contribution is 1.28. The Balaban J connectivity index is 0.973. The topological polar surface area (TPSA) is 36.2 Å². The van der Waals surface area contributed by atoms with Crippen LogP contribution in [-0.4, -0.2) is 11.9 Å². The maximum atomic E-state index is 8.94. The molecule has 0 fully saturated rings. The number of nitrogens with zero attached hydrogens (tertiary/aromatic N) is 1. The fourth-order valence-corrected chi connectivity index (χ4v) is 8.41. The molecule has 2 nitrogen and oxygen atoms in total. The Morgan fingerprint density at radius 1 is 0.404 bits per heavy atom. The van der Waals surface area contributed by atoms with Crippen molar-refractivity contribution in [1.29, 1.82) is 5.41 Å². The number of hydrogen-bond acceptors (Lipinski definition) is 2. The first-order valence-electron chi connectivity index (χ1n) is 19.5. The predicted octanol–water partition coefficient (Wildman–Crippen LogP) is 14.1. The third-order valence-electron chi connectivity index (χ3n) is 11.3. The van der Waals surface area contributed by atoms with Crippen molar-refractivity contribution in [3.8, 4) is 44.5 Å². The largest absolute Gasteiger partial charge is 0.300 e. The standard InChI is InChI=1S/C55H38N2/c56-54(42-15-5-2-6-16-42)35-55(43-28-22-38(23-29-43)37-12-3-1-4-13-37)57-36-44-31-32-48(49-19-10-9-18-47(44)49)41-26-24-40(25-27-41)46-20-11-21-50-51-33-30-39-14-7-8-17-45(39)53(51)34-52(46)50/h1-33,35-36,56H,34H2/b55-35-,56-54?,57-36?. The zero-order valence-corrected chi connectivity index (χ0v) is 31.4. The summed E-state index contributed by atoms with van der Waals surface area (Å²) in [6, 6.07) is 70.7. The number of aliphatic imine (C=N–C) groups is 1. The van der Waals surface area contributed by atoms with Crippen molar-refractivity contribution >= 4 is 39.2 Å². The molecule has 0 radical (unpaired) electrons. The van der Waals surface area contributed by atoms with Crippen molar-refractivity contribution in [2.45, 2.75) is 6.42 Å². The molecule has 57 heavy (non-hydrogen) atoms. The molecule has 1 N–H and O–H groups in total. The van der Waals surface area contributed by atoms with Gasteiger partial charge in [0.25, 0.3) is 0 Å². The van der Waals surface area contributed by atoms with Crippen LogP contribution in [0.3, 0.4) is 0 Å². The Morgan fingerprint density at radius 3 is 1.75 bits per heavy atom. The third kappa shape index (κ3) is 6.48. The van der Waals surface area contributed by atoms with Gasteiger partial charge in [0, 0.05) is 17.3 Å². The summed E-state index contributed by atoms with van der Waals surface area (Å²) in [6.07, 6.45) is 4.76. The first kappa shape index (κ1) is 34.1. The van der Waals surface area contributed by atoms with Gasteiger partial charge in [-0.3, -0.25) is 4.99 Å². The van der Waals surface area contributed by atoms with Crippen LogP contribution in [0.2, 0.25) is 0 Å². The van der Waals surface area contributed by atoms with E-state index < -0.39 is 0 Å². The highest BCUT2D eigenvalue weighted by Crippen LogP contribution is 2.44. The Morgan fingerprint density at radius 2 is 0.982 bits per heavy atom. The number of benzene rings is 9. The quantitative estimate of drug-likeness (QED) is 0.151. The van der Waals surface area contributed by atoms with E-state index in [4.69, 9.17) is 10.4 Å². The van der Waals surface area contributed by atoms with Gasteiger partial charge < -0.3 is 5.41 Å². The van der Waals surface area contributed by atoms with Crippen LogP contribution >= 0.6 is 0 Å². The molecule has 0 saturated carbocycles. The summed E-state index contributed by atoms with van der Waals surface area (Å²) in [7, 11) is 0. The number of fused-ring (bicyclic) bond motifs is 6. The number of allylic oxidation sites excluding steroid dienone is 1. The molecule has 0 aliphatic heterocycles. The molecule has 9 aromatic carbocycles. The van der Waals surface area contributed by atoms with Crippen LogP contribution in [0.1, 0.15) is 27.8 Å². The third-order valence-corrected chi connectivity index (χ3v) is 11.3. The molecule has 0 aromatic heterocycles. The average molecular weight is 727 g/mol. The zero-order chi connectivity index (χ0) is 38.1. The molecule has 268 valence electrons. The van der Waals surface area contributed by atoms with Crippen LogP contribution in [0.5, 0.6) is 0 Å². The SMILES string of the molecule is N=C(/C=C(\N=Cc1ccc(-c2ccc(-c3cccc4c3Cc3c-4ccc4ccccc34)cc2)c2ccccc12)c1ccc(-c2ccccc2)cc1)c1ccccc1. The minimum atomic E-state index is 0.414. The van der Waals surface area contributed by atoms with Crippen molar-refractivity contribution < 1.29 is 0 Å². The van der Waals surface area contributed by atoms with E-state index in [0.717, 1.165) is 39.8 Å². The van der Waals surface area contributed by atoms with Gasteiger partial charge in [0.1, 0.15) is 0 Å². The second-order valence-corrected chi connectivity index (χ2v) is 14.7. The molecule has 0 unspecified atom stereocenters. The summed E-state index contributed by atoms with van der Waals surface area (Å²) in [5, 5.41) is 13.9. The second kappa shape index (κ2) is 14.7. The van der Waals surface area contributed by atoms with E-state index >= 15 is 0 Å². The Labute approximate surface area is 333 Å². The van der Waals surface area contributed by atoms with E-state index in [-0.39, 0.29) is 0 Å². The van der Waals surface area contributed by atoms with Gasteiger partial charge in [-0.05, 0) is 95.2 Å². The molecule has 0 bridgehead atoms. The Kier molecular flexibility index (Phi) is 8.78. The molecular weight excluding hydrogens is 689 g/mol. The van der Waals surface area contributed by atoms with E-state index in [1.807, 2.05) is 48.7 Å². The lowest BCUT2D eigenvalue weighted by atomic mass is 9.92. The predicted molar refractivity (Wildman–Crippen MR) is 241 cm³/mol. The Hall–Kier alpha value is -7.42. The van der Waals surface area contributed by atoms with Gasteiger partial charge in [-0.25, -0.2) is 0 Å². The molecule has 0 saturated heterocycles. The molecule has 2 heteroatoms. The summed E-state index contributed by atoms with van der Waals surface area (Å²) in [6.45, 7) is 0. The van der Waals surface area contributed by atoms with E-state index in [0.29, 0.717) is 5.71 Å². The first-order chi connectivity index (χ1) is 28.2. The second-order valence-electron chi connectivity index (χ2n) is 14.7. The molecule has 0 atom stereocenters. The summed E-state index contributed by atoms with van der Waals surface area (Å²) >= 11 is 0. The summed E-state index contributed by atoms with van der Waals surface area (Å²) < 4.78 is 0. The highest BCUT2D eigenvalue weighted by atomic mass is 14.7. The van der Waals surface area contributed by atoms with Gasteiger partial charge in [-0.1, -0.05) is 200 Å². The highest BCUT2D eigenvalue weighted by molar-refractivity contribution is 6.12. The van der Waals surface area contributed by atoms with Gasteiger partial charge in [0.2, 0.25) is 0 Å². The van der Waals surface area contributed by atoms with Gasteiger partial charge in [-0.15, -0.1) is 0 Å². The van der Waals surface area contributed by atoms with Gasteiger partial charge in [0.15, 0.2) is 0 Å². The minimum Gasteiger partial charge on any atom is -0.300 e. The van der Waals surface area contributed by atoms with E-state index in [9.17, 15) is 0 Å². The number of nitrogens with one attached hydrogen (secondary N) is 1. The van der Waals surface area contributed by atoms with Gasteiger partial charge in [0.05, 0.1) is 11.4 Å². The number of rotatable bonds is 8. The van der Waals surface area contributed by atoms with Crippen LogP contribution in [0.4, 0.5) is 0 Å². The van der Waals surface area contributed by atoms with Crippen LogP contribution in [0.15, 0.2) is 211 Å². The van der Waals surface area contributed by atoms with Crippen molar-refractivity contribution in [3.63, 3.8) is 0 Å². The average Bonchev–Trinajstić information content (AvgIpc) is 3.68. The first-order valence-corrected chi connectivity index (χ1v) is 19.5. The van der Waals surface area contributed by atoms with Gasteiger partial charge >= 0.3 is 0 Å². The smallest absolute Gasteiger partial charge is 0.0723 e. The monoisotopic (exact) mass is 726 g/mol. The maximum absolute atomic E-state index is 8.94. The zero-order valence-electron chi connectivity index (χ0n) is 31.4. The highest BCUT2D eigenvalue weighted by Gasteiger charge is 2.23. The molecule has 0 amide bonds. The molecule has 1 aliphatic carbocycles. The molecule has 0 heterocycles. The molecule has 10 rings (SSSR count). The van der Waals surface area contributed by atoms with E-state index in [2.05, 4.69) is 164 Å². The fraction of sp³-hybridized carbons (Fsp3) is 0.0182. The van der Waals surface area contributed by atoms with E-state index in [1.165, 1.54) is 66.2 Å². The Bertz CT molecular complexity index is 3010. The van der Waals surface area contributed by atoms with Gasteiger partial charge in [-0.2, -0.15) is 0 Å². The van der Waals surface area contributed by atoms with E-state index in [1.54, 1.807) is 0 Å². The molecule has 1 aliphatic rings. The maximum Gasteiger partial charge on any atom is 0.0723 e. The molecule has 9 aromatic rings. The van der Waals surface area contributed by atoms with Crippen molar-refractivity contribution in [2.24, 2.45) is 4.99 Å². The van der Waals surface area contributed by atoms with Crippen molar-refractivity contribution in [2.75, 3.05) is 0 Å². The summed E-state index contributed by atoms with van der Waals surface area (Å²) in [5.74, 6) is 0. The number of hydrogen-bond donors (Lipinski definition) is 1. The van der Waals surface area contributed by atoms with Crippen molar-refractivity contribution in [1.82, 2.24) is 0 Å². The fourth-order valence-electron chi connectivity index (χ4n) is 8.41. The van der Waals surface area contributed by atoms with Crippen LogP contribution in [0.25, 0.3) is 71.7 Å². The molecular formula is C55H38N2. The lowest BCUT2D eigenvalue weighted by Gasteiger charge is -2.12.